The lowest BCUT2D eigenvalue weighted by atomic mass is 10.1. The van der Waals surface area contributed by atoms with Gasteiger partial charge in [-0.3, -0.25) is 0 Å². The van der Waals surface area contributed by atoms with Crippen LogP contribution in [0, 0.1) is 0 Å². The molecule has 5 heteroatoms. The van der Waals surface area contributed by atoms with Crippen LogP contribution in [0.1, 0.15) is 17.4 Å². The van der Waals surface area contributed by atoms with Gasteiger partial charge in [-0.2, -0.15) is 0 Å². The summed E-state index contributed by atoms with van der Waals surface area (Å²) in [5.41, 5.74) is 6.84. The van der Waals surface area contributed by atoms with Crippen molar-refractivity contribution in [2.45, 2.75) is 6.04 Å². The Morgan fingerprint density at radius 2 is 2.00 bits per heavy atom. The second-order valence-electron chi connectivity index (χ2n) is 2.77. The molecule has 2 rings (SSSR count). The van der Waals surface area contributed by atoms with E-state index in [4.69, 9.17) is 14.6 Å². The van der Waals surface area contributed by atoms with Crippen LogP contribution in [0.5, 0.6) is 0 Å². The zero-order chi connectivity index (χ0) is 10.1. The molecule has 74 valence electrons. The standard InChI is InChI=1S/C9H7Br2NO2/c10-7-2-1-6(14-7)8(12)5-3-4-13-9(5)11/h1-4,8H,12H2. The van der Waals surface area contributed by atoms with E-state index in [9.17, 15) is 0 Å². The second kappa shape index (κ2) is 3.92. The Morgan fingerprint density at radius 3 is 2.50 bits per heavy atom. The van der Waals surface area contributed by atoms with Gasteiger partial charge in [0.25, 0.3) is 0 Å². The van der Waals surface area contributed by atoms with Crippen molar-refractivity contribution in [1.29, 1.82) is 0 Å². The van der Waals surface area contributed by atoms with E-state index in [0.717, 1.165) is 5.56 Å². The normalized spacial score (nSPS) is 13.1. The van der Waals surface area contributed by atoms with E-state index >= 15 is 0 Å². The van der Waals surface area contributed by atoms with Crippen molar-refractivity contribution in [3.05, 3.63) is 45.1 Å². The summed E-state index contributed by atoms with van der Waals surface area (Å²) < 4.78 is 11.8. The van der Waals surface area contributed by atoms with Crippen molar-refractivity contribution in [3.63, 3.8) is 0 Å². The van der Waals surface area contributed by atoms with Crippen LogP contribution in [0.15, 0.2) is 42.6 Å². The second-order valence-corrected chi connectivity index (χ2v) is 4.27. The highest BCUT2D eigenvalue weighted by Gasteiger charge is 2.17. The molecule has 2 heterocycles. The van der Waals surface area contributed by atoms with Crippen molar-refractivity contribution in [3.8, 4) is 0 Å². The molecule has 0 bridgehead atoms. The lowest BCUT2D eigenvalue weighted by Gasteiger charge is -2.05. The Morgan fingerprint density at radius 1 is 1.21 bits per heavy atom. The van der Waals surface area contributed by atoms with Crippen LogP contribution in [-0.4, -0.2) is 0 Å². The number of furan rings is 2. The molecule has 0 spiro atoms. The van der Waals surface area contributed by atoms with Gasteiger partial charge >= 0.3 is 0 Å². The van der Waals surface area contributed by atoms with E-state index in [2.05, 4.69) is 31.9 Å². The van der Waals surface area contributed by atoms with Crippen molar-refractivity contribution < 1.29 is 8.83 Å². The van der Waals surface area contributed by atoms with E-state index in [0.29, 0.717) is 15.1 Å². The molecule has 3 nitrogen and oxygen atoms in total. The van der Waals surface area contributed by atoms with Crippen molar-refractivity contribution in [2.24, 2.45) is 5.73 Å². The van der Waals surface area contributed by atoms with Crippen molar-refractivity contribution >= 4 is 31.9 Å². The van der Waals surface area contributed by atoms with Gasteiger partial charge in [0.05, 0.1) is 12.3 Å². The molecule has 2 aromatic heterocycles. The molecule has 14 heavy (non-hydrogen) atoms. The third-order valence-electron chi connectivity index (χ3n) is 1.88. The molecule has 0 aromatic carbocycles. The van der Waals surface area contributed by atoms with Gasteiger partial charge in [0, 0.05) is 5.56 Å². The van der Waals surface area contributed by atoms with E-state index in [1.54, 1.807) is 6.26 Å². The predicted octanol–water partition coefficient (Wildman–Crippen LogP) is 3.45. The molecular formula is C9H7Br2NO2. The molecule has 0 aliphatic heterocycles. The maximum atomic E-state index is 5.97. The Balaban J connectivity index is 2.33. The highest BCUT2D eigenvalue weighted by Crippen LogP contribution is 2.29. The van der Waals surface area contributed by atoms with Crippen LogP contribution in [0.3, 0.4) is 0 Å². The fraction of sp³-hybridized carbons (Fsp3) is 0.111. The third-order valence-corrected chi connectivity index (χ3v) is 2.95. The first-order valence-corrected chi connectivity index (χ1v) is 5.51. The molecule has 0 amide bonds. The fourth-order valence-electron chi connectivity index (χ4n) is 1.18. The summed E-state index contributed by atoms with van der Waals surface area (Å²) in [6.07, 6.45) is 1.58. The van der Waals surface area contributed by atoms with Crippen molar-refractivity contribution in [1.82, 2.24) is 0 Å². The van der Waals surface area contributed by atoms with E-state index in [1.165, 1.54) is 0 Å². The Hall–Kier alpha value is -0.520. The van der Waals surface area contributed by atoms with Crippen LogP contribution in [-0.2, 0) is 0 Å². The molecule has 1 unspecified atom stereocenters. The minimum absolute atomic E-state index is 0.311. The summed E-state index contributed by atoms with van der Waals surface area (Å²) in [5, 5.41) is 0. The molecule has 2 N–H and O–H groups in total. The molecule has 0 saturated heterocycles. The Bertz CT molecular complexity index is 435. The summed E-state index contributed by atoms with van der Waals surface area (Å²) in [5.74, 6) is 0.693. The minimum atomic E-state index is -0.311. The number of rotatable bonds is 2. The van der Waals surface area contributed by atoms with Gasteiger partial charge in [0.1, 0.15) is 5.76 Å². The maximum absolute atomic E-state index is 5.97. The number of hydrogen-bond acceptors (Lipinski definition) is 3. The van der Waals surface area contributed by atoms with E-state index in [1.807, 2.05) is 18.2 Å². The zero-order valence-corrected chi connectivity index (χ0v) is 10.2. The SMILES string of the molecule is NC(c1ccc(Br)o1)c1ccoc1Br. The smallest absolute Gasteiger partial charge is 0.174 e. The van der Waals surface area contributed by atoms with Gasteiger partial charge in [0.15, 0.2) is 9.34 Å². The van der Waals surface area contributed by atoms with E-state index in [-0.39, 0.29) is 6.04 Å². The summed E-state index contributed by atoms with van der Waals surface area (Å²) in [4.78, 5) is 0. The van der Waals surface area contributed by atoms with Crippen LogP contribution in [0.4, 0.5) is 0 Å². The molecular weight excluding hydrogens is 314 g/mol. The fourth-order valence-corrected chi connectivity index (χ4v) is 1.98. The van der Waals surface area contributed by atoms with Gasteiger partial charge in [-0.05, 0) is 50.1 Å². The summed E-state index contributed by atoms with van der Waals surface area (Å²) in [6, 6.07) is 5.14. The molecule has 0 aliphatic rings. The quantitative estimate of drug-likeness (QED) is 0.922. The monoisotopic (exact) mass is 319 g/mol. The highest BCUT2D eigenvalue weighted by molar-refractivity contribution is 9.10. The minimum Gasteiger partial charge on any atom is -0.457 e. The molecule has 0 saturated carbocycles. The van der Waals surface area contributed by atoms with Crippen molar-refractivity contribution in [2.75, 3.05) is 0 Å². The third kappa shape index (κ3) is 1.80. The van der Waals surface area contributed by atoms with Crippen LogP contribution in [0.25, 0.3) is 0 Å². The zero-order valence-electron chi connectivity index (χ0n) is 7.04. The molecule has 0 fully saturated rings. The Kier molecular flexibility index (Phi) is 2.80. The summed E-state index contributed by atoms with van der Waals surface area (Å²) in [7, 11) is 0. The Labute approximate surface area is 97.5 Å². The van der Waals surface area contributed by atoms with Crippen LogP contribution < -0.4 is 5.73 Å². The number of nitrogens with two attached hydrogens (primary N) is 1. The van der Waals surface area contributed by atoms with Gasteiger partial charge < -0.3 is 14.6 Å². The number of halogens is 2. The predicted molar refractivity (Wildman–Crippen MR) is 58.8 cm³/mol. The first-order chi connectivity index (χ1) is 6.68. The van der Waals surface area contributed by atoms with Gasteiger partial charge in [-0.25, -0.2) is 0 Å². The molecule has 1 atom stereocenters. The maximum Gasteiger partial charge on any atom is 0.174 e. The van der Waals surface area contributed by atoms with Gasteiger partial charge in [-0.15, -0.1) is 0 Å². The first kappa shape index (κ1) is 10.0. The van der Waals surface area contributed by atoms with Gasteiger partial charge in [-0.1, -0.05) is 0 Å². The number of hydrogen-bond donors (Lipinski definition) is 1. The topological polar surface area (TPSA) is 52.3 Å². The van der Waals surface area contributed by atoms with Crippen LogP contribution in [0.2, 0.25) is 0 Å². The molecule has 0 radical (unpaired) electrons. The summed E-state index contributed by atoms with van der Waals surface area (Å²) >= 11 is 6.50. The highest BCUT2D eigenvalue weighted by atomic mass is 79.9. The average Bonchev–Trinajstić information content (AvgIpc) is 2.73. The van der Waals surface area contributed by atoms with Gasteiger partial charge in [0.2, 0.25) is 0 Å². The largest absolute Gasteiger partial charge is 0.457 e. The average molecular weight is 321 g/mol. The lowest BCUT2D eigenvalue weighted by molar-refractivity contribution is 0.465. The molecule has 0 aliphatic carbocycles. The summed E-state index contributed by atoms with van der Waals surface area (Å²) in [6.45, 7) is 0. The van der Waals surface area contributed by atoms with Crippen LogP contribution >= 0.6 is 31.9 Å². The molecule has 2 aromatic rings. The lowest BCUT2D eigenvalue weighted by Crippen LogP contribution is -2.10. The van der Waals surface area contributed by atoms with E-state index < -0.39 is 0 Å². The first-order valence-electron chi connectivity index (χ1n) is 3.92.